The molecule has 2 N–H and O–H groups in total. The minimum Gasteiger partial charge on any atom is -0.497 e. The van der Waals surface area contributed by atoms with E-state index in [1.807, 2.05) is 0 Å². The van der Waals surface area contributed by atoms with Gasteiger partial charge in [0, 0.05) is 12.3 Å². The molecule has 19 heavy (non-hydrogen) atoms. The molecule has 0 saturated carbocycles. The Kier molecular flexibility index (Phi) is 3.08. The molecule has 1 aliphatic heterocycles. The third kappa shape index (κ3) is 2.26. The lowest BCUT2D eigenvalue weighted by Crippen LogP contribution is -1.98. The predicted molar refractivity (Wildman–Crippen MR) is 68.6 cm³/mol. The summed E-state index contributed by atoms with van der Waals surface area (Å²) in [5.41, 5.74) is 7.17. The molecule has 1 aliphatic rings. The van der Waals surface area contributed by atoms with Crippen LogP contribution in [0.3, 0.4) is 0 Å². The second-order valence-corrected chi connectivity index (χ2v) is 4.41. The van der Waals surface area contributed by atoms with Gasteiger partial charge in [0.15, 0.2) is 0 Å². The zero-order valence-electron chi connectivity index (χ0n) is 10.6. The summed E-state index contributed by atoms with van der Waals surface area (Å²) in [4.78, 5) is 4.36. The molecule has 1 atom stereocenters. The first-order valence-electron chi connectivity index (χ1n) is 6.17. The summed E-state index contributed by atoms with van der Waals surface area (Å²) in [5.74, 6) is 1.66. The average molecular weight is 261 g/mol. The van der Waals surface area contributed by atoms with Gasteiger partial charge in [0.2, 0.25) is 5.82 Å². The summed E-state index contributed by atoms with van der Waals surface area (Å²) >= 11 is 0. The van der Waals surface area contributed by atoms with Crippen molar-refractivity contribution in [2.75, 3.05) is 19.5 Å². The Morgan fingerprint density at radius 2 is 2.32 bits per heavy atom. The Morgan fingerprint density at radius 1 is 1.42 bits per heavy atom. The molecule has 1 aromatic heterocycles. The Labute approximate surface area is 110 Å². The first-order valence-corrected chi connectivity index (χ1v) is 6.17. The molecule has 1 saturated heterocycles. The number of aromatic nitrogens is 2. The monoisotopic (exact) mass is 261 g/mol. The van der Waals surface area contributed by atoms with Crippen LogP contribution < -0.4 is 10.5 Å². The van der Waals surface area contributed by atoms with Gasteiger partial charge in [-0.25, -0.2) is 0 Å². The van der Waals surface area contributed by atoms with Crippen molar-refractivity contribution in [1.82, 2.24) is 10.1 Å². The molecule has 0 bridgehead atoms. The molecular weight excluding hydrogens is 246 g/mol. The van der Waals surface area contributed by atoms with Gasteiger partial charge in [-0.2, -0.15) is 4.98 Å². The number of hydrogen-bond acceptors (Lipinski definition) is 6. The minimum absolute atomic E-state index is 0.0654. The zero-order chi connectivity index (χ0) is 13.2. The van der Waals surface area contributed by atoms with Crippen LogP contribution in [-0.2, 0) is 4.74 Å². The second kappa shape index (κ2) is 4.89. The number of nitrogen functional groups attached to an aromatic ring is 1. The Morgan fingerprint density at radius 3 is 3.05 bits per heavy atom. The molecule has 1 fully saturated rings. The molecular formula is C13H15N3O3. The number of methoxy groups -OCH3 is 1. The van der Waals surface area contributed by atoms with E-state index in [9.17, 15) is 0 Å². The number of hydrogen-bond donors (Lipinski definition) is 1. The third-order valence-corrected chi connectivity index (χ3v) is 3.15. The molecule has 2 aromatic rings. The fourth-order valence-corrected chi connectivity index (χ4v) is 2.10. The van der Waals surface area contributed by atoms with E-state index >= 15 is 0 Å². The van der Waals surface area contributed by atoms with E-state index in [0.717, 1.165) is 19.4 Å². The van der Waals surface area contributed by atoms with Gasteiger partial charge in [-0.1, -0.05) is 5.16 Å². The number of ether oxygens (including phenoxy) is 2. The highest BCUT2D eigenvalue weighted by molar-refractivity contribution is 5.72. The summed E-state index contributed by atoms with van der Waals surface area (Å²) in [5, 5.41) is 3.96. The van der Waals surface area contributed by atoms with E-state index in [4.69, 9.17) is 19.7 Å². The first-order chi connectivity index (χ1) is 9.28. The third-order valence-electron chi connectivity index (χ3n) is 3.15. The highest BCUT2D eigenvalue weighted by Crippen LogP contribution is 2.31. The molecule has 100 valence electrons. The molecule has 3 rings (SSSR count). The fourth-order valence-electron chi connectivity index (χ4n) is 2.10. The molecule has 1 aromatic carbocycles. The van der Waals surface area contributed by atoms with Crippen LogP contribution >= 0.6 is 0 Å². The van der Waals surface area contributed by atoms with Crippen molar-refractivity contribution in [2.24, 2.45) is 0 Å². The van der Waals surface area contributed by atoms with E-state index in [-0.39, 0.29) is 6.10 Å². The van der Waals surface area contributed by atoms with Crippen molar-refractivity contribution in [3.05, 3.63) is 24.0 Å². The predicted octanol–water partition coefficient (Wildman–Crippen LogP) is 2.18. The van der Waals surface area contributed by atoms with Gasteiger partial charge in [0.1, 0.15) is 11.9 Å². The highest BCUT2D eigenvalue weighted by atomic mass is 16.5. The number of nitrogens with two attached hydrogens (primary N) is 1. The maximum atomic E-state index is 5.92. The van der Waals surface area contributed by atoms with Crippen LogP contribution in [0.15, 0.2) is 22.7 Å². The standard InChI is InChI=1S/C13H15N3O3/c1-17-8-4-5-10(14)9(7-8)13-15-12(16-19-13)11-3-2-6-18-11/h4-5,7,11H,2-3,6,14H2,1H3. The topological polar surface area (TPSA) is 83.4 Å². The van der Waals surface area contributed by atoms with E-state index in [2.05, 4.69) is 10.1 Å². The maximum Gasteiger partial charge on any atom is 0.260 e. The SMILES string of the molecule is COc1ccc(N)c(-c2nc(C3CCCO3)no2)c1. The van der Waals surface area contributed by atoms with Crippen molar-refractivity contribution in [2.45, 2.75) is 18.9 Å². The van der Waals surface area contributed by atoms with Crippen molar-refractivity contribution < 1.29 is 14.0 Å². The van der Waals surface area contributed by atoms with Gasteiger partial charge in [-0.15, -0.1) is 0 Å². The Hall–Kier alpha value is -2.08. The van der Waals surface area contributed by atoms with Gasteiger partial charge >= 0.3 is 0 Å². The van der Waals surface area contributed by atoms with Crippen LogP contribution in [0.25, 0.3) is 11.5 Å². The quantitative estimate of drug-likeness (QED) is 0.852. The molecule has 1 unspecified atom stereocenters. The average Bonchev–Trinajstić information content (AvgIpc) is 3.10. The molecule has 2 heterocycles. The lowest BCUT2D eigenvalue weighted by atomic mass is 10.1. The summed E-state index contributed by atoms with van der Waals surface area (Å²) in [6.45, 7) is 0.746. The van der Waals surface area contributed by atoms with Crippen LogP contribution in [0.5, 0.6) is 5.75 Å². The van der Waals surface area contributed by atoms with Crippen LogP contribution in [0.1, 0.15) is 24.8 Å². The van der Waals surface area contributed by atoms with Crippen LogP contribution in [-0.4, -0.2) is 23.9 Å². The first kappa shape index (κ1) is 12.0. The van der Waals surface area contributed by atoms with Gasteiger partial charge in [0.05, 0.1) is 12.7 Å². The van der Waals surface area contributed by atoms with Gasteiger partial charge < -0.3 is 19.7 Å². The molecule has 0 amide bonds. The second-order valence-electron chi connectivity index (χ2n) is 4.41. The highest BCUT2D eigenvalue weighted by Gasteiger charge is 2.24. The summed E-state index contributed by atoms with van der Waals surface area (Å²) in [6.07, 6.45) is 1.88. The van der Waals surface area contributed by atoms with E-state index < -0.39 is 0 Å². The number of nitrogens with zero attached hydrogens (tertiary/aromatic N) is 2. The van der Waals surface area contributed by atoms with Gasteiger partial charge in [-0.05, 0) is 31.0 Å². The van der Waals surface area contributed by atoms with E-state index in [1.165, 1.54) is 0 Å². The normalized spacial score (nSPS) is 18.7. The summed E-state index contributed by atoms with van der Waals surface area (Å²) in [6, 6.07) is 5.32. The maximum absolute atomic E-state index is 5.92. The molecule has 0 radical (unpaired) electrons. The minimum atomic E-state index is -0.0654. The van der Waals surface area contributed by atoms with Crippen LogP contribution in [0, 0.1) is 0 Å². The number of benzene rings is 1. The molecule has 6 heteroatoms. The van der Waals surface area contributed by atoms with Gasteiger partial charge in [-0.3, -0.25) is 0 Å². The number of rotatable bonds is 3. The fraction of sp³-hybridized carbons (Fsp3) is 0.385. The van der Waals surface area contributed by atoms with Crippen molar-refractivity contribution in [1.29, 1.82) is 0 Å². The van der Waals surface area contributed by atoms with Crippen LogP contribution in [0.2, 0.25) is 0 Å². The van der Waals surface area contributed by atoms with E-state index in [0.29, 0.717) is 28.7 Å². The molecule has 6 nitrogen and oxygen atoms in total. The largest absolute Gasteiger partial charge is 0.497 e. The smallest absolute Gasteiger partial charge is 0.260 e. The molecule has 0 aliphatic carbocycles. The number of anilines is 1. The van der Waals surface area contributed by atoms with Crippen molar-refractivity contribution in [3.63, 3.8) is 0 Å². The van der Waals surface area contributed by atoms with Crippen LogP contribution in [0.4, 0.5) is 5.69 Å². The lowest BCUT2D eigenvalue weighted by molar-refractivity contribution is 0.103. The zero-order valence-corrected chi connectivity index (χ0v) is 10.6. The summed E-state index contributed by atoms with van der Waals surface area (Å²) < 4.78 is 16.0. The van der Waals surface area contributed by atoms with E-state index in [1.54, 1.807) is 25.3 Å². The summed E-state index contributed by atoms with van der Waals surface area (Å²) in [7, 11) is 1.60. The lowest BCUT2D eigenvalue weighted by Gasteiger charge is -2.04. The van der Waals surface area contributed by atoms with Crippen molar-refractivity contribution in [3.8, 4) is 17.2 Å². The van der Waals surface area contributed by atoms with Gasteiger partial charge in [0.25, 0.3) is 5.89 Å². The van der Waals surface area contributed by atoms with Crippen molar-refractivity contribution >= 4 is 5.69 Å². The Bertz CT molecular complexity index is 576. The Balaban J connectivity index is 1.93. The molecule has 0 spiro atoms.